The van der Waals surface area contributed by atoms with Crippen LogP contribution in [0, 0.1) is 0 Å². The Morgan fingerprint density at radius 3 is 2.22 bits per heavy atom. The van der Waals surface area contributed by atoms with Gasteiger partial charge in [-0.2, -0.15) is 0 Å². The average Bonchev–Trinajstić information content (AvgIpc) is 2.45. The van der Waals surface area contributed by atoms with Gasteiger partial charge in [0.15, 0.2) is 5.05 Å². The molecule has 0 bridgehead atoms. The van der Waals surface area contributed by atoms with Crippen molar-refractivity contribution < 1.29 is 4.43 Å². The summed E-state index contributed by atoms with van der Waals surface area (Å²) in [6.45, 7) is 0. The second-order valence-corrected chi connectivity index (χ2v) is 4.96. The summed E-state index contributed by atoms with van der Waals surface area (Å²) in [6, 6.07) is 18.8. The van der Waals surface area contributed by atoms with Crippen molar-refractivity contribution in [2.75, 3.05) is 0 Å². The first-order chi connectivity index (χ1) is 8.81. The minimum absolute atomic E-state index is 0.601. The first-order valence-corrected chi connectivity index (χ1v) is 7.02. The molecule has 1 nitrogen and oxygen atoms in total. The van der Waals surface area contributed by atoms with Crippen LogP contribution in [0.15, 0.2) is 54.6 Å². The summed E-state index contributed by atoms with van der Waals surface area (Å²) in [6.07, 6.45) is 0. The number of thiocarbonyl (C=S) groups is 1. The van der Waals surface area contributed by atoms with Crippen molar-refractivity contribution in [1.29, 1.82) is 0 Å². The van der Waals surface area contributed by atoms with Gasteiger partial charge in [0.25, 0.3) is 0 Å². The fourth-order valence-electron chi connectivity index (χ4n) is 2.33. The van der Waals surface area contributed by atoms with Crippen LogP contribution >= 0.6 is 12.2 Å². The summed E-state index contributed by atoms with van der Waals surface area (Å²) in [5.74, 6) is 0. The highest BCUT2D eigenvalue weighted by atomic mass is 32.1. The number of rotatable bonds is 1. The smallest absolute Gasteiger partial charge is 0.205 e. The Kier molecular flexibility index (Phi) is 2.86. The minimum atomic E-state index is 0.601. The number of fused-ring (bicyclic) bond motifs is 3. The Morgan fingerprint density at radius 2 is 1.50 bits per heavy atom. The van der Waals surface area contributed by atoms with Crippen LogP contribution in [0.3, 0.4) is 0 Å². The van der Waals surface area contributed by atoms with Crippen molar-refractivity contribution in [2.45, 2.75) is 0 Å². The monoisotopic (exact) mass is 268 g/mol. The van der Waals surface area contributed by atoms with Crippen molar-refractivity contribution in [2.24, 2.45) is 0 Å². The van der Waals surface area contributed by atoms with Gasteiger partial charge in [-0.15, -0.1) is 0 Å². The molecular formula is C15H12OSSi. The third kappa shape index (κ3) is 1.72. The third-order valence-electron chi connectivity index (χ3n) is 3.17. The fourth-order valence-corrected chi connectivity index (χ4v) is 2.72. The van der Waals surface area contributed by atoms with Crippen LogP contribution in [0.1, 0.15) is 5.56 Å². The van der Waals surface area contributed by atoms with E-state index in [0.717, 1.165) is 10.9 Å². The average molecular weight is 268 g/mol. The molecule has 88 valence electrons. The van der Waals surface area contributed by atoms with Gasteiger partial charge in [0, 0.05) is 5.56 Å². The van der Waals surface area contributed by atoms with E-state index in [1.54, 1.807) is 0 Å². The molecule has 18 heavy (non-hydrogen) atoms. The van der Waals surface area contributed by atoms with Gasteiger partial charge in [0.1, 0.15) is 0 Å². The van der Waals surface area contributed by atoms with Crippen molar-refractivity contribution in [3.05, 3.63) is 60.2 Å². The predicted octanol–water partition coefficient (Wildman–Crippen LogP) is 2.97. The predicted molar refractivity (Wildman–Crippen MR) is 84.2 cm³/mol. The lowest BCUT2D eigenvalue weighted by molar-refractivity contribution is 0.633. The zero-order chi connectivity index (χ0) is 12.5. The van der Waals surface area contributed by atoms with Crippen LogP contribution in [0.4, 0.5) is 0 Å². The van der Waals surface area contributed by atoms with Gasteiger partial charge in [0.05, 0.1) is 0 Å². The topological polar surface area (TPSA) is 9.23 Å². The molecule has 0 aromatic heterocycles. The van der Waals surface area contributed by atoms with E-state index in [9.17, 15) is 0 Å². The van der Waals surface area contributed by atoms with Crippen LogP contribution in [0.2, 0.25) is 0 Å². The van der Waals surface area contributed by atoms with Crippen molar-refractivity contribution in [3.8, 4) is 0 Å². The minimum Gasteiger partial charge on any atom is -0.545 e. The van der Waals surface area contributed by atoms with Gasteiger partial charge in [0.2, 0.25) is 10.5 Å². The standard InChI is InChI=1S/C15H12OSSi/c17-15(16-18)14-9-10-5-1-2-6-11(10)12-7-3-4-8-13(12)14/h1-9H,18H3. The molecule has 0 heterocycles. The summed E-state index contributed by atoms with van der Waals surface area (Å²) in [5.41, 5.74) is 1.02. The van der Waals surface area contributed by atoms with Crippen LogP contribution in [-0.4, -0.2) is 15.5 Å². The van der Waals surface area contributed by atoms with E-state index in [4.69, 9.17) is 16.6 Å². The normalized spacial score (nSPS) is 10.9. The maximum atomic E-state index is 5.36. The van der Waals surface area contributed by atoms with E-state index in [1.165, 1.54) is 16.2 Å². The Hall–Kier alpha value is -1.71. The van der Waals surface area contributed by atoms with E-state index < -0.39 is 0 Å². The Labute approximate surface area is 114 Å². The molecular weight excluding hydrogens is 256 g/mol. The Bertz CT molecular complexity index is 752. The summed E-state index contributed by atoms with van der Waals surface area (Å²) in [4.78, 5) is 0. The number of hydrogen-bond donors (Lipinski definition) is 0. The van der Waals surface area contributed by atoms with E-state index >= 15 is 0 Å². The molecule has 0 radical (unpaired) electrons. The van der Waals surface area contributed by atoms with Gasteiger partial charge in [-0.25, -0.2) is 0 Å². The second-order valence-electron chi connectivity index (χ2n) is 4.18. The van der Waals surface area contributed by atoms with E-state index in [1.807, 2.05) is 12.1 Å². The summed E-state index contributed by atoms with van der Waals surface area (Å²) < 4.78 is 5.36. The quantitative estimate of drug-likeness (QED) is 0.381. The molecule has 0 amide bonds. The SMILES string of the molecule is [SiH3]OC(=S)c1cc2ccccc2c2ccccc12. The fraction of sp³-hybridized carbons (Fsp3) is 0. The molecule has 0 fully saturated rings. The highest BCUT2D eigenvalue weighted by Gasteiger charge is 2.09. The summed E-state index contributed by atoms with van der Waals surface area (Å²) in [7, 11) is 0.623. The molecule has 0 aliphatic rings. The number of hydrogen-bond acceptors (Lipinski definition) is 2. The highest BCUT2D eigenvalue weighted by molar-refractivity contribution is 7.80. The van der Waals surface area contributed by atoms with Crippen LogP contribution < -0.4 is 0 Å². The number of benzene rings is 3. The third-order valence-corrected chi connectivity index (χ3v) is 4.26. The van der Waals surface area contributed by atoms with Crippen molar-refractivity contribution in [3.63, 3.8) is 0 Å². The molecule has 0 aliphatic heterocycles. The molecule has 3 heteroatoms. The van der Waals surface area contributed by atoms with Gasteiger partial charge < -0.3 is 4.43 Å². The Balaban J connectivity index is 2.50. The zero-order valence-electron chi connectivity index (χ0n) is 10.0. The van der Waals surface area contributed by atoms with Gasteiger partial charge in [-0.05, 0) is 39.8 Å². The summed E-state index contributed by atoms with van der Waals surface area (Å²) in [5, 5.41) is 5.45. The highest BCUT2D eigenvalue weighted by Crippen LogP contribution is 2.29. The van der Waals surface area contributed by atoms with Crippen molar-refractivity contribution in [1.82, 2.24) is 0 Å². The molecule has 0 aliphatic carbocycles. The zero-order valence-corrected chi connectivity index (χ0v) is 12.8. The van der Waals surface area contributed by atoms with Crippen molar-refractivity contribution >= 4 is 49.3 Å². The summed E-state index contributed by atoms with van der Waals surface area (Å²) >= 11 is 5.32. The lowest BCUT2D eigenvalue weighted by Crippen LogP contribution is -2.01. The Morgan fingerprint density at radius 1 is 0.889 bits per heavy atom. The maximum Gasteiger partial charge on any atom is 0.205 e. The molecule has 3 aromatic rings. The second kappa shape index (κ2) is 4.52. The molecule has 0 N–H and O–H groups in total. The van der Waals surface area contributed by atoms with E-state index in [0.29, 0.717) is 15.5 Å². The molecule has 0 saturated heterocycles. The molecule has 0 spiro atoms. The van der Waals surface area contributed by atoms with Gasteiger partial charge >= 0.3 is 0 Å². The lowest BCUT2D eigenvalue weighted by Gasteiger charge is -2.10. The first kappa shape index (κ1) is 11.4. The molecule has 0 atom stereocenters. The van der Waals surface area contributed by atoms with Gasteiger partial charge in [-0.1, -0.05) is 48.5 Å². The molecule has 0 unspecified atom stereocenters. The maximum absolute atomic E-state index is 5.36. The van der Waals surface area contributed by atoms with Gasteiger partial charge in [-0.3, -0.25) is 0 Å². The lowest BCUT2D eigenvalue weighted by atomic mass is 9.98. The van der Waals surface area contributed by atoms with Crippen LogP contribution in [0.5, 0.6) is 0 Å². The molecule has 3 rings (SSSR count). The van der Waals surface area contributed by atoms with E-state index in [-0.39, 0.29) is 0 Å². The first-order valence-electron chi connectivity index (χ1n) is 5.80. The molecule has 3 aromatic carbocycles. The largest absolute Gasteiger partial charge is 0.545 e. The van der Waals surface area contributed by atoms with E-state index in [2.05, 4.69) is 42.5 Å². The van der Waals surface area contributed by atoms with Crippen LogP contribution in [0.25, 0.3) is 21.5 Å². The molecule has 0 saturated carbocycles. The van der Waals surface area contributed by atoms with Crippen LogP contribution in [-0.2, 0) is 4.43 Å².